The fourth-order valence-corrected chi connectivity index (χ4v) is 1.90. The number of ether oxygens (including phenoxy) is 2. The molecule has 6 heteroatoms. The van der Waals surface area contributed by atoms with Crippen LogP contribution in [0.15, 0.2) is 29.3 Å². The van der Waals surface area contributed by atoms with Crippen molar-refractivity contribution in [1.82, 2.24) is 10.6 Å². The van der Waals surface area contributed by atoms with Gasteiger partial charge in [-0.3, -0.25) is 0 Å². The lowest BCUT2D eigenvalue weighted by molar-refractivity contribution is 0.152. The number of methoxy groups -OCH3 is 1. The lowest BCUT2D eigenvalue weighted by Crippen LogP contribution is -2.39. The van der Waals surface area contributed by atoms with Gasteiger partial charge in [-0.1, -0.05) is 24.3 Å². The van der Waals surface area contributed by atoms with E-state index in [0.29, 0.717) is 19.8 Å². The summed E-state index contributed by atoms with van der Waals surface area (Å²) in [5.74, 6) is 0.810. The zero-order chi connectivity index (χ0) is 15.3. The molecule has 1 aromatic rings. The Kier molecular flexibility index (Phi) is 13.2. The average Bonchev–Trinajstić information content (AvgIpc) is 2.50. The Balaban J connectivity index is 0.00000441. The summed E-state index contributed by atoms with van der Waals surface area (Å²) < 4.78 is 10.5. The highest BCUT2D eigenvalue weighted by molar-refractivity contribution is 14.0. The van der Waals surface area contributed by atoms with Gasteiger partial charge < -0.3 is 20.1 Å². The van der Waals surface area contributed by atoms with Gasteiger partial charge in [0.15, 0.2) is 5.96 Å². The second-order valence-electron chi connectivity index (χ2n) is 4.52. The first-order chi connectivity index (χ1) is 10.3. The van der Waals surface area contributed by atoms with Crippen molar-refractivity contribution in [3.8, 4) is 0 Å². The third kappa shape index (κ3) is 8.55. The van der Waals surface area contributed by atoms with E-state index in [4.69, 9.17) is 9.47 Å². The molecule has 0 radical (unpaired) electrons. The summed E-state index contributed by atoms with van der Waals surface area (Å²) in [4.78, 5) is 4.61. The zero-order valence-corrected chi connectivity index (χ0v) is 16.1. The molecule has 0 amide bonds. The highest BCUT2D eigenvalue weighted by atomic mass is 127. The van der Waals surface area contributed by atoms with E-state index >= 15 is 0 Å². The van der Waals surface area contributed by atoms with Gasteiger partial charge in [0.25, 0.3) is 0 Å². The molecule has 22 heavy (non-hydrogen) atoms. The van der Waals surface area contributed by atoms with E-state index in [1.54, 1.807) is 7.11 Å². The van der Waals surface area contributed by atoms with Crippen LogP contribution >= 0.6 is 24.0 Å². The molecule has 1 aromatic carbocycles. The van der Waals surface area contributed by atoms with E-state index in [9.17, 15) is 0 Å². The zero-order valence-electron chi connectivity index (χ0n) is 13.7. The molecule has 2 N–H and O–H groups in total. The Morgan fingerprint density at radius 1 is 1.14 bits per heavy atom. The van der Waals surface area contributed by atoms with Gasteiger partial charge in [-0.25, -0.2) is 4.99 Å². The van der Waals surface area contributed by atoms with Gasteiger partial charge in [0.2, 0.25) is 0 Å². The number of nitrogens with zero attached hydrogens (tertiary/aromatic N) is 1. The molecule has 0 aromatic heterocycles. The first-order valence-electron chi connectivity index (χ1n) is 7.47. The van der Waals surface area contributed by atoms with Crippen LogP contribution in [0.3, 0.4) is 0 Å². The maximum absolute atomic E-state index is 5.31. The van der Waals surface area contributed by atoms with Crippen molar-refractivity contribution < 1.29 is 9.47 Å². The molecule has 0 saturated heterocycles. The predicted molar refractivity (Wildman–Crippen MR) is 102 cm³/mol. The first kappa shape index (κ1) is 21.1. The van der Waals surface area contributed by atoms with Crippen LogP contribution in [-0.2, 0) is 22.6 Å². The summed E-state index contributed by atoms with van der Waals surface area (Å²) in [6.45, 7) is 8.29. The summed E-state index contributed by atoms with van der Waals surface area (Å²) in [6, 6.07) is 8.21. The number of halogens is 1. The number of hydrogen-bond donors (Lipinski definition) is 2. The minimum atomic E-state index is 0. The van der Waals surface area contributed by atoms with Crippen LogP contribution in [0.4, 0.5) is 0 Å². The van der Waals surface area contributed by atoms with Gasteiger partial charge in [-0.15, -0.1) is 24.0 Å². The molecular weight excluding hydrogens is 393 g/mol. The largest absolute Gasteiger partial charge is 0.380 e. The Labute approximate surface area is 150 Å². The lowest BCUT2D eigenvalue weighted by Gasteiger charge is -2.12. The van der Waals surface area contributed by atoms with Crippen molar-refractivity contribution in [2.75, 3.05) is 33.4 Å². The van der Waals surface area contributed by atoms with E-state index < -0.39 is 0 Å². The second-order valence-corrected chi connectivity index (χ2v) is 4.52. The third-order valence-corrected chi connectivity index (χ3v) is 2.91. The normalized spacial score (nSPS) is 11.0. The van der Waals surface area contributed by atoms with Crippen LogP contribution in [-0.4, -0.2) is 39.4 Å². The van der Waals surface area contributed by atoms with Gasteiger partial charge in [0.1, 0.15) is 0 Å². The van der Waals surface area contributed by atoms with Crippen molar-refractivity contribution in [3.63, 3.8) is 0 Å². The molecular formula is C16H28IN3O2. The highest BCUT2D eigenvalue weighted by Crippen LogP contribution is 2.10. The number of rotatable bonds is 9. The summed E-state index contributed by atoms with van der Waals surface area (Å²) in [6.07, 6.45) is 0. The van der Waals surface area contributed by atoms with Gasteiger partial charge >= 0.3 is 0 Å². The molecule has 5 nitrogen and oxygen atoms in total. The van der Waals surface area contributed by atoms with Gasteiger partial charge in [0, 0.05) is 26.8 Å². The topological polar surface area (TPSA) is 54.9 Å². The molecule has 0 aliphatic carbocycles. The predicted octanol–water partition coefficient (Wildman–Crippen LogP) is 2.54. The number of nitrogens with one attached hydrogen (secondary N) is 2. The van der Waals surface area contributed by atoms with Crippen molar-refractivity contribution in [2.45, 2.75) is 27.0 Å². The van der Waals surface area contributed by atoms with Crippen molar-refractivity contribution >= 4 is 29.9 Å². The molecule has 0 spiro atoms. The van der Waals surface area contributed by atoms with E-state index in [2.05, 4.69) is 34.7 Å². The van der Waals surface area contributed by atoms with Crippen LogP contribution < -0.4 is 10.6 Å². The molecule has 0 atom stereocenters. The smallest absolute Gasteiger partial charge is 0.191 e. The SMILES string of the molecule is CCNC(=NCc1ccccc1COC)NCCOCC.I. The molecule has 0 aliphatic rings. The summed E-state index contributed by atoms with van der Waals surface area (Å²) in [7, 11) is 1.71. The van der Waals surface area contributed by atoms with Gasteiger partial charge in [0.05, 0.1) is 19.8 Å². The second kappa shape index (κ2) is 13.8. The van der Waals surface area contributed by atoms with Crippen LogP contribution in [0.2, 0.25) is 0 Å². The van der Waals surface area contributed by atoms with Crippen LogP contribution in [0.25, 0.3) is 0 Å². The number of benzene rings is 1. The molecule has 0 heterocycles. The Hall–Kier alpha value is -0.860. The van der Waals surface area contributed by atoms with Crippen molar-refractivity contribution in [3.05, 3.63) is 35.4 Å². The van der Waals surface area contributed by atoms with Gasteiger partial charge in [-0.2, -0.15) is 0 Å². The van der Waals surface area contributed by atoms with E-state index in [1.165, 1.54) is 11.1 Å². The molecule has 0 saturated carbocycles. The van der Waals surface area contributed by atoms with Gasteiger partial charge in [-0.05, 0) is 25.0 Å². The molecule has 0 unspecified atom stereocenters. The van der Waals surface area contributed by atoms with Crippen molar-refractivity contribution in [1.29, 1.82) is 0 Å². The van der Waals surface area contributed by atoms with E-state index in [0.717, 1.165) is 25.7 Å². The number of guanidine groups is 1. The summed E-state index contributed by atoms with van der Waals surface area (Å²) in [5, 5.41) is 6.49. The Morgan fingerprint density at radius 3 is 2.50 bits per heavy atom. The highest BCUT2D eigenvalue weighted by Gasteiger charge is 2.02. The molecule has 1 rings (SSSR count). The minimum Gasteiger partial charge on any atom is -0.380 e. The standard InChI is InChI=1S/C16H27N3O2.HI/c1-4-17-16(18-10-11-21-5-2)19-12-14-8-6-7-9-15(14)13-20-3;/h6-9H,4-5,10-13H2,1-3H3,(H2,17,18,19);1H. The van der Waals surface area contributed by atoms with E-state index in [-0.39, 0.29) is 24.0 Å². The molecule has 0 aliphatic heterocycles. The fraction of sp³-hybridized carbons (Fsp3) is 0.562. The van der Waals surface area contributed by atoms with Crippen molar-refractivity contribution in [2.24, 2.45) is 4.99 Å². The lowest BCUT2D eigenvalue weighted by atomic mass is 10.1. The first-order valence-corrected chi connectivity index (χ1v) is 7.47. The van der Waals surface area contributed by atoms with Crippen LogP contribution in [0, 0.1) is 0 Å². The third-order valence-electron chi connectivity index (χ3n) is 2.91. The molecule has 126 valence electrons. The maximum Gasteiger partial charge on any atom is 0.191 e. The Morgan fingerprint density at radius 2 is 1.86 bits per heavy atom. The monoisotopic (exact) mass is 421 g/mol. The fourth-order valence-electron chi connectivity index (χ4n) is 1.90. The molecule has 0 bridgehead atoms. The van der Waals surface area contributed by atoms with E-state index in [1.807, 2.05) is 19.1 Å². The molecule has 0 fully saturated rings. The quantitative estimate of drug-likeness (QED) is 0.279. The average molecular weight is 421 g/mol. The minimum absolute atomic E-state index is 0. The van der Waals surface area contributed by atoms with Crippen LogP contribution in [0.1, 0.15) is 25.0 Å². The summed E-state index contributed by atoms with van der Waals surface area (Å²) >= 11 is 0. The Bertz CT molecular complexity index is 428. The van der Waals surface area contributed by atoms with Crippen LogP contribution in [0.5, 0.6) is 0 Å². The maximum atomic E-state index is 5.31. The number of hydrogen-bond acceptors (Lipinski definition) is 3. The number of aliphatic imine (C=N–C) groups is 1. The summed E-state index contributed by atoms with van der Waals surface area (Å²) in [5.41, 5.74) is 2.36.